The van der Waals surface area contributed by atoms with E-state index in [1.54, 1.807) is 6.26 Å². The molecule has 1 aromatic heterocycles. The molecule has 0 N–H and O–H groups in total. The third-order valence-electron chi connectivity index (χ3n) is 1.86. The van der Waals surface area contributed by atoms with Crippen LogP contribution in [0.3, 0.4) is 0 Å². The fourth-order valence-corrected chi connectivity index (χ4v) is 1.21. The first kappa shape index (κ1) is 8.53. The lowest BCUT2D eigenvalue weighted by atomic mass is 10.3. The molecule has 0 radical (unpaired) electrons. The van der Waals surface area contributed by atoms with Gasteiger partial charge in [0.1, 0.15) is 5.76 Å². The third kappa shape index (κ3) is 2.44. The molecule has 3 nitrogen and oxygen atoms in total. The molecule has 1 fully saturated rings. The van der Waals surface area contributed by atoms with Crippen molar-refractivity contribution in [2.45, 2.75) is 6.10 Å². The molecule has 1 atom stereocenters. The minimum Gasteiger partial charge on any atom is -0.465 e. The van der Waals surface area contributed by atoms with Gasteiger partial charge in [-0.15, -0.1) is 0 Å². The molecule has 1 saturated heterocycles. The van der Waals surface area contributed by atoms with Crippen molar-refractivity contribution in [1.29, 1.82) is 0 Å². The zero-order valence-electron chi connectivity index (χ0n) is 7.31. The van der Waals surface area contributed by atoms with E-state index in [2.05, 4.69) is 0 Å². The maximum Gasteiger partial charge on any atom is 0.126 e. The van der Waals surface area contributed by atoms with Crippen molar-refractivity contribution < 1.29 is 13.9 Å². The molecule has 2 rings (SSSR count). The van der Waals surface area contributed by atoms with Crippen molar-refractivity contribution in [1.82, 2.24) is 0 Å². The Morgan fingerprint density at radius 2 is 2.38 bits per heavy atom. The zero-order valence-corrected chi connectivity index (χ0v) is 7.31. The van der Waals surface area contributed by atoms with Crippen molar-refractivity contribution in [3.05, 3.63) is 30.2 Å². The summed E-state index contributed by atoms with van der Waals surface area (Å²) in [5, 5.41) is 0. The molecule has 0 aliphatic carbocycles. The van der Waals surface area contributed by atoms with E-state index >= 15 is 0 Å². The van der Waals surface area contributed by atoms with Crippen LogP contribution in [0.4, 0.5) is 0 Å². The average Bonchev–Trinajstić information content (AvgIpc) is 2.69. The Bertz CT molecular complexity index is 258. The van der Waals surface area contributed by atoms with Crippen molar-refractivity contribution in [3.8, 4) is 0 Å². The highest BCUT2D eigenvalue weighted by molar-refractivity contribution is 5.42. The van der Waals surface area contributed by atoms with Gasteiger partial charge in [0.15, 0.2) is 0 Å². The predicted octanol–water partition coefficient (Wildman–Crippen LogP) is 1.71. The van der Waals surface area contributed by atoms with Crippen LogP contribution in [0.25, 0.3) is 6.08 Å². The highest BCUT2D eigenvalue weighted by Gasteiger charge is 2.10. The second-order valence-electron chi connectivity index (χ2n) is 2.86. The van der Waals surface area contributed by atoms with E-state index in [9.17, 15) is 0 Å². The van der Waals surface area contributed by atoms with Crippen LogP contribution in [0.1, 0.15) is 5.76 Å². The van der Waals surface area contributed by atoms with Gasteiger partial charge in [0.25, 0.3) is 0 Å². The Morgan fingerprint density at radius 1 is 1.38 bits per heavy atom. The average molecular weight is 180 g/mol. The summed E-state index contributed by atoms with van der Waals surface area (Å²) in [6.07, 6.45) is 5.58. The van der Waals surface area contributed by atoms with Crippen molar-refractivity contribution in [2.24, 2.45) is 0 Å². The molecular weight excluding hydrogens is 168 g/mol. The molecule has 0 aromatic carbocycles. The van der Waals surface area contributed by atoms with Gasteiger partial charge in [0.2, 0.25) is 0 Å². The van der Waals surface area contributed by atoms with Gasteiger partial charge in [0, 0.05) is 0 Å². The third-order valence-corrected chi connectivity index (χ3v) is 1.86. The molecule has 0 spiro atoms. The molecular formula is C10H12O3. The Balaban J connectivity index is 1.89. The Kier molecular flexibility index (Phi) is 2.79. The lowest BCUT2D eigenvalue weighted by Crippen LogP contribution is -2.26. The summed E-state index contributed by atoms with van der Waals surface area (Å²) in [6.45, 7) is 2.01. The SMILES string of the molecule is C(=C\C1COCCO1)/c1ccco1. The van der Waals surface area contributed by atoms with E-state index in [-0.39, 0.29) is 6.10 Å². The van der Waals surface area contributed by atoms with Gasteiger partial charge in [-0.1, -0.05) is 0 Å². The van der Waals surface area contributed by atoms with E-state index < -0.39 is 0 Å². The summed E-state index contributed by atoms with van der Waals surface area (Å²) in [7, 11) is 0. The number of hydrogen-bond donors (Lipinski definition) is 0. The van der Waals surface area contributed by atoms with Gasteiger partial charge in [-0.05, 0) is 24.3 Å². The van der Waals surface area contributed by atoms with Gasteiger partial charge in [0.05, 0.1) is 32.2 Å². The van der Waals surface area contributed by atoms with Gasteiger partial charge in [-0.2, -0.15) is 0 Å². The molecule has 13 heavy (non-hydrogen) atoms. The number of rotatable bonds is 2. The monoisotopic (exact) mass is 180 g/mol. The van der Waals surface area contributed by atoms with Crippen molar-refractivity contribution in [3.63, 3.8) is 0 Å². The fourth-order valence-electron chi connectivity index (χ4n) is 1.21. The van der Waals surface area contributed by atoms with Gasteiger partial charge >= 0.3 is 0 Å². The minimum absolute atomic E-state index is 0.0684. The second-order valence-corrected chi connectivity index (χ2v) is 2.86. The highest BCUT2D eigenvalue weighted by Crippen LogP contribution is 2.07. The summed E-state index contributed by atoms with van der Waals surface area (Å²) in [4.78, 5) is 0. The summed E-state index contributed by atoms with van der Waals surface area (Å²) >= 11 is 0. The quantitative estimate of drug-likeness (QED) is 0.694. The van der Waals surface area contributed by atoms with Gasteiger partial charge in [-0.25, -0.2) is 0 Å². The zero-order chi connectivity index (χ0) is 8.93. The van der Waals surface area contributed by atoms with Crippen molar-refractivity contribution >= 4 is 6.08 Å². The number of ether oxygens (including phenoxy) is 2. The molecule has 0 saturated carbocycles. The van der Waals surface area contributed by atoms with E-state index in [0.29, 0.717) is 19.8 Å². The Morgan fingerprint density at radius 3 is 3.08 bits per heavy atom. The summed E-state index contributed by atoms with van der Waals surface area (Å²) in [5.41, 5.74) is 0. The standard InChI is InChI=1S/C10H12O3/c1-2-9(12-5-1)3-4-10-8-11-6-7-13-10/h1-5,10H,6-8H2/b4-3+. The summed E-state index contributed by atoms with van der Waals surface area (Å²) in [5.74, 6) is 0.842. The van der Waals surface area contributed by atoms with E-state index in [4.69, 9.17) is 13.9 Å². The number of hydrogen-bond acceptors (Lipinski definition) is 3. The van der Waals surface area contributed by atoms with Gasteiger partial charge in [-0.3, -0.25) is 0 Å². The molecule has 2 heterocycles. The number of furan rings is 1. The maximum absolute atomic E-state index is 5.42. The van der Waals surface area contributed by atoms with Crippen LogP contribution in [0.2, 0.25) is 0 Å². The highest BCUT2D eigenvalue weighted by atomic mass is 16.6. The maximum atomic E-state index is 5.42. The second kappa shape index (κ2) is 4.25. The lowest BCUT2D eigenvalue weighted by Gasteiger charge is -2.19. The topological polar surface area (TPSA) is 31.6 Å². The summed E-state index contributed by atoms with van der Waals surface area (Å²) in [6, 6.07) is 3.76. The molecule has 1 aliphatic heterocycles. The summed E-state index contributed by atoms with van der Waals surface area (Å²) < 4.78 is 15.8. The van der Waals surface area contributed by atoms with Crippen LogP contribution in [0.15, 0.2) is 28.9 Å². The van der Waals surface area contributed by atoms with Crippen LogP contribution in [-0.4, -0.2) is 25.9 Å². The normalized spacial score (nSPS) is 23.8. The molecule has 3 heteroatoms. The van der Waals surface area contributed by atoms with Crippen LogP contribution in [-0.2, 0) is 9.47 Å². The van der Waals surface area contributed by atoms with E-state index in [0.717, 1.165) is 5.76 Å². The first-order chi connectivity index (χ1) is 6.45. The molecule has 0 bridgehead atoms. The van der Waals surface area contributed by atoms with E-state index in [1.165, 1.54) is 0 Å². The molecule has 1 aliphatic rings. The lowest BCUT2D eigenvalue weighted by molar-refractivity contribution is -0.0672. The molecule has 0 amide bonds. The first-order valence-corrected chi connectivity index (χ1v) is 4.36. The first-order valence-electron chi connectivity index (χ1n) is 4.36. The molecule has 1 unspecified atom stereocenters. The Labute approximate surface area is 76.9 Å². The smallest absolute Gasteiger partial charge is 0.126 e. The molecule has 1 aromatic rings. The minimum atomic E-state index is 0.0684. The fraction of sp³-hybridized carbons (Fsp3) is 0.400. The van der Waals surface area contributed by atoms with Crippen LogP contribution in [0.5, 0.6) is 0 Å². The van der Waals surface area contributed by atoms with Gasteiger partial charge < -0.3 is 13.9 Å². The molecule has 70 valence electrons. The largest absolute Gasteiger partial charge is 0.465 e. The van der Waals surface area contributed by atoms with E-state index in [1.807, 2.05) is 24.3 Å². The van der Waals surface area contributed by atoms with Crippen LogP contribution >= 0.6 is 0 Å². The predicted molar refractivity (Wildman–Crippen MR) is 48.3 cm³/mol. The van der Waals surface area contributed by atoms with Crippen molar-refractivity contribution in [2.75, 3.05) is 19.8 Å². The van der Waals surface area contributed by atoms with Crippen LogP contribution in [0, 0.1) is 0 Å². The van der Waals surface area contributed by atoms with Crippen LogP contribution < -0.4 is 0 Å². The Hall–Kier alpha value is -1.06.